The first kappa shape index (κ1) is 22.2. The van der Waals surface area contributed by atoms with Crippen LogP contribution in [-0.2, 0) is 6.18 Å². The average Bonchev–Trinajstić information content (AvgIpc) is 2.60. The van der Waals surface area contributed by atoms with Crippen LogP contribution in [0.3, 0.4) is 0 Å². The van der Waals surface area contributed by atoms with Gasteiger partial charge in [0.25, 0.3) is 0 Å². The van der Waals surface area contributed by atoms with E-state index in [1.807, 2.05) is 0 Å². The predicted molar refractivity (Wildman–Crippen MR) is 106 cm³/mol. The minimum atomic E-state index is -4.28. The van der Waals surface area contributed by atoms with E-state index in [2.05, 4.69) is 51.3 Å². The first-order valence-electron chi connectivity index (χ1n) is 10.2. The van der Waals surface area contributed by atoms with Crippen LogP contribution >= 0.6 is 0 Å². The SMILES string of the molecule is CC[C@@H]1CN(C(C)(C)C)[C@@H](CC)CN1[C@@H](CC)c1ccc(C(F)(F)F)cc1. The molecule has 0 spiro atoms. The van der Waals surface area contributed by atoms with Gasteiger partial charge in [-0.15, -0.1) is 0 Å². The van der Waals surface area contributed by atoms with E-state index in [4.69, 9.17) is 0 Å². The Kier molecular flexibility index (Phi) is 7.01. The van der Waals surface area contributed by atoms with E-state index in [9.17, 15) is 13.2 Å². The fourth-order valence-electron chi connectivity index (χ4n) is 4.44. The molecular weight excluding hydrogens is 349 g/mol. The Bertz CT molecular complexity index is 589. The normalized spacial score (nSPS) is 24.2. The van der Waals surface area contributed by atoms with Crippen molar-refractivity contribution in [3.63, 3.8) is 0 Å². The molecule has 0 unspecified atom stereocenters. The molecule has 1 fully saturated rings. The van der Waals surface area contributed by atoms with E-state index in [1.54, 1.807) is 12.1 Å². The minimum absolute atomic E-state index is 0.121. The Morgan fingerprint density at radius 1 is 0.926 bits per heavy atom. The third-order valence-electron chi connectivity index (χ3n) is 5.95. The lowest BCUT2D eigenvalue weighted by Crippen LogP contribution is -2.63. The van der Waals surface area contributed by atoms with Gasteiger partial charge in [0.1, 0.15) is 0 Å². The Hall–Kier alpha value is -1.07. The third-order valence-corrected chi connectivity index (χ3v) is 5.95. The molecule has 0 saturated carbocycles. The maximum absolute atomic E-state index is 12.9. The number of hydrogen-bond acceptors (Lipinski definition) is 2. The van der Waals surface area contributed by atoms with Gasteiger partial charge in [0.05, 0.1) is 5.56 Å². The summed E-state index contributed by atoms with van der Waals surface area (Å²) in [5, 5.41) is 0. The van der Waals surface area contributed by atoms with Gasteiger partial charge < -0.3 is 0 Å². The second-order valence-electron chi connectivity index (χ2n) is 8.69. The maximum atomic E-state index is 12.9. The van der Waals surface area contributed by atoms with Crippen molar-refractivity contribution in [2.45, 2.75) is 90.6 Å². The summed E-state index contributed by atoms with van der Waals surface area (Å²) in [5.41, 5.74) is 0.538. The standard InChI is InChI=1S/C22H35F3N2/c1-7-18-15-27(21(4,5)6)19(8-2)14-26(18)20(9-3)16-10-12-17(13-11-16)22(23,24)25/h10-13,18-20H,7-9,14-15H2,1-6H3/t18-,19+,20+/m1/s1. The Labute approximate surface area is 162 Å². The second-order valence-corrected chi connectivity index (χ2v) is 8.69. The van der Waals surface area contributed by atoms with Crippen molar-refractivity contribution in [3.05, 3.63) is 35.4 Å². The molecule has 0 aromatic heterocycles. The van der Waals surface area contributed by atoms with Crippen LogP contribution in [0.5, 0.6) is 0 Å². The lowest BCUT2D eigenvalue weighted by atomic mass is 9.91. The Balaban J connectivity index is 2.29. The summed E-state index contributed by atoms with van der Waals surface area (Å²) in [7, 11) is 0. The average molecular weight is 385 g/mol. The molecule has 5 heteroatoms. The van der Waals surface area contributed by atoms with Gasteiger partial charge in [0, 0.05) is 36.8 Å². The second kappa shape index (κ2) is 8.52. The zero-order chi connectivity index (χ0) is 20.4. The highest BCUT2D eigenvalue weighted by Gasteiger charge is 2.40. The zero-order valence-electron chi connectivity index (χ0n) is 17.6. The number of alkyl halides is 3. The van der Waals surface area contributed by atoms with Gasteiger partial charge in [-0.2, -0.15) is 13.2 Å². The summed E-state index contributed by atoms with van der Waals surface area (Å²) in [5.74, 6) is 0. The molecule has 154 valence electrons. The lowest BCUT2D eigenvalue weighted by Gasteiger charge is -2.53. The molecule has 1 aromatic rings. The number of rotatable bonds is 5. The van der Waals surface area contributed by atoms with Crippen LogP contribution in [0.4, 0.5) is 13.2 Å². The van der Waals surface area contributed by atoms with Gasteiger partial charge in [-0.3, -0.25) is 9.80 Å². The molecule has 0 bridgehead atoms. The van der Waals surface area contributed by atoms with E-state index in [0.717, 1.165) is 37.9 Å². The summed E-state index contributed by atoms with van der Waals surface area (Å²) in [6, 6.07) is 6.83. The van der Waals surface area contributed by atoms with Crippen LogP contribution in [-0.4, -0.2) is 40.5 Å². The van der Waals surface area contributed by atoms with Gasteiger partial charge in [-0.05, 0) is 57.7 Å². The number of halogens is 3. The van der Waals surface area contributed by atoms with E-state index >= 15 is 0 Å². The van der Waals surface area contributed by atoms with E-state index in [-0.39, 0.29) is 11.6 Å². The molecule has 0 amide bonds. The molecule has 27 heavy (non-hydrogen) atoms. The highest BCUT2D eigenvalue weighted by Crippen LogP contribution is 2.36. The molecular formula is C22H35F3N2. The number of benzene rings is 1. The van der Waals surface area contributed by atoms with Gasteiger partial charge in [-0.1, -0.05) is 32.9 Å². The van der Waals surface area contributed by atoms with Crippen LogP contribution in [0.1, 0.15) is 78.0 Å². The molecule has 1 aliphatic heterocycles. The largest absolute Gasteiger partial charge is 0.416 e. The molecule has 0 aliphatic carbocycles. The highest BCUT2D eigenvalue weighted by molar-refractivity contribution is 5.27. The van der Waals surface area contributed by atoms with Crippen LogP contribution in [0.15, 0.2) is 24.3 Å². The van der Waals surface area contributed by atoms with Crippen molar-refractivity contribution in [2.75, 3.05) is 13.1 Å². The van der Waals surface area contributed by atoms with Gasteiger partial charge in [0.2, 0.25) is 0 Å². The van der Waals surface area contributed by atoms with Gasteiger partial charge in [-0.25, -0.2) is 0 Å². The van der Waals surface area contributed by atoms with E-state index in [0.29, 0.717) is 12.1 Å². The number of nitrogens with zero attached hydrogens (tertiary/aromatic N) is 2. The number of hydrogen-bond donors (Lipinski definition) is 0. The zero-order valence-corrected chi connectivity index (χ0v) is 17.6. The van der Waals surface area contributed by atoms with Crippen molar-refractivity contribution in [2.24, 2.45) is 0 Å². The number of piperazine rings is 1. The van der Waals surface area contributed by atoms with Crippen LogP contribution in [0.2, 0.25) is 0 Å². The summed E-state index contributed by atoms with van der Waals surface area (Å²) in [6.07, 6.45) is -1.26. The summed E-state index contributed by atoms with van der Waals surface area (Å²) >= 11 is 0. The molecule has 3 atom stereocenters. The topological polar surface area (TPSA) is 6.48 Å². The van der Waals surface area contributed by atoms with Gasteiger partial charge in [0.15, 0.2) is 0 Å². The van der Waals surface area contributed by atoms with E-state index in [1.165, 1.54) is 12.1 Å². The van der Waals surface area contributed by atoms with Crippen molar-refractivity contribution < 1.29 is 13.2 Å². The summed E-state index contributed by atoms with van der Waals surface area (Å²) in [6.45, 7) is 15.4. The van der Waals surface area contributed by atoms with Crippen molar-refractivity contribution >= 4 is 0 Å². The smallest absolute Gasteiger partial charge is 0.293 e. The highest BCUT2D eigenvalue weighted by atomic mass is 19.4. The maximum Gasteiger partial charge on any atom is 0.416 e. The first-order chi connectivity index (χ1) is 12.5. The Morgan fingerprint density at radius 2 is 1.48 bits per heavy atom. The van der Waals surface area contributed by atoms with Crippen molar-refractivity contribution in [1.82, 2.24) is 9.80 Å². The monoisotopic (exact) mass is 384 g/mol. The van der Waals surface area contributed by atoms with Crippen molar-refractivity contribution in [1.29, 1.82) is 0 Å². The molecule has 1 aliphatic rings. The van der Waals surface area contributed by atoms with Crippen LogP contribution < -0.4 is 0 Å². The molecule has 2 nitrogen and oxygen atoms in total. The first-order valence-corrected chi connectivity index (χ1v) is 10.2. The lowest BCUT2D eigenvalue weighted by molar-refractivity contribution is -0.137. The van der Waals surface area contributed by atoms with Gasteiger partial charge >= 0.3 is 6.18 Å². The molecule has 0 radical (unpaired) electrons. The van der Waals surface area contributed by atoms with Crippen LogP contribution in [0.25, 0.3) is 0 Å². The summed E-state index contributed by atoms with van der Waals surface area (Å²) < 4.78 is 38.7. The quantitative estimate of drug-likeness (QED) is 0.602. The molecule has 1 saturated heterocycles. The third kappa shape index (κ3) is 5.05. The minimum Gasteiger partial charge on any atom is -0.293 e. The summed E-state index contributed by atoms with van der Waals surface area (Å²) in [4.78, 5) is 5.15. The Morgan fingerprint density at radius 3 is 1.89 bits per heavy atom. The predicted octanol–water partition coefficient (Wildman–Crippen LogP) is 6.13. The molecule has 2 rings (SSSR count). The van der Waals surface area contributed by atoms with Crippen molar-refractivity contribution in [3.8, 4) is 0 Å². The van der Waals surface area contributed by atoms with Crippen LogP contribution in [0, 0.1) is 0 Å². The van der Waals surface area contributed by atoms with E-state index < -0.39 is 11.7 Å². The fraction of sp³-hybridized carbons (Fsp3) is 0.727. The molecule has 1 aromatic carbocycles. The fourth-order valence-corrected chi connectivity index (χ4v) is 4.44. The molecule has 0 N–H and O–H groups in total. The molecule has 1 heterocycles.